The zero-order valence-corrected chi connectivity index (χ0v) is 13.7. The van der Waals surface area contributed by atoms with Gasteiger partial charge in [-0.15, -0.1) is 0 Å². The van der Waals surface area contributed by atoms with Crippen molar-refractivity contribution in [1.29, 1.82) is 0 Å². The Bertz CT molecular complexity index is 460. The van der Waals surface area contributed by atoms with Crippen molar-refractivity contribution in [1.82, 2.24) is 0 Å². The largest absolute Gasteiger partial charge is 0.497 e. The van der Waals surface area contributed by atoms with E-state index < -0.39 is 7.60 Å². The van der Waals surface area contributed by atoms with E-state index in [1.165, 1.54) is 0 Å². The van der Waals surface area contributed by atoms with Crippen molar-refractivity contribution < 1.29 is 18.3 Å². The number of halogens is 1. The molecule has 0 spiro atoms. The van der Waals surface area contributed by atoms with Crippen molar-refractivity contribution in [3.8, 4) is 5.75 Å². The number of benzene rings is 1. The lowest BCUT2D eigenvalue weighted by Gasteiger charge is -2.16. The van der Waals surface area contributed by atoms with Gasteiger partial charge in [-0.25, -0.2) is 0 Å². The maximum Gasteiger partial charge on any atom is 0.368 e. The van der Waals surface area contributed by atoms with Gasteiger partial charge in [0, 0.05) is 0 Å². The first-order chi connectivity index (χ1) is 9.05. The summed E-state index contributed by atoms with van der Waals surface area (Å²) < 4.78 is 28.4. The summed E-state index contributed by atoms with van der Waals surface area (Å²) in [4.78, 5) is 0. The van der Waals surface area contributed by atoms with Crippen LogP contribution in [0.1, 0.15) is 19.4 Å². The Morgan fingerprint density at radius 1 is 1.21 bits per heavy atom. The normalized spacial score (nSPS) is 12.5. The van der Waals surface area contributed by atoms with Crippen LogP contribution in [0.15, 0.2) is 28.5 Å². The van der Waals surface area contributed by atoms with E-state index >= 15 is 0 Å². The van der Waals surface area contributed by atoms with Crippen molar-refractivity contribution in [2.24, 2.45) is 0 Å². The van der Waals surface area contributed by atoms with Crippen LogP contribution in [0, 0.1) is 0 Å². The molecule has 106 valence electrons. The third-order valence-electron chi connectivity index (χ3n) is 2.26. The second-order valence-electron chi connectivity index (χ2n) is 3.57. The fraction of sp³-hybridized carbons (Fsp3) is 0.385. The molecule has 4 nitrogen and oxygen atoms in total. The van der Waals surface area contributed by atoms with Crippen LogP contribution < -0.4 is 4.74 Å². The van der Waals surface area contributed by atoms with E-state index in [0.29, 0.717) is 17.4 Å². The standard InChI is InChI=1S/C13H18BrO4P/c1-4-17-19(15,18-5-2)13(14)10-11-6-8-12(16-3)9-7-11/h6-10H,4-5H2,1-3H3/b13-10-. The third kappa shape index (κ3) is 4.77. The predicted molar refractivity (Wildman–Crippen MR) is 80.8 cm³/mol. The molecule has 1 aromatic carbocycles. The summed E-state index contributed by atoms with van der Waals surface area (Å²) in [5.74, 6) is 0.770. The summed E-state index contributed by atoms with van der Waals surface area (Å²) in [6, 6.07) is 7.39. The summed E-state index contributed by atoms with van der Waals surface area (Å²) in [6.07, 6.45) is 1.73. The Labute approximate surface area is 122 Å². The van der Waals surface area contributed by atoms with E-state index in [0.717, 1.165) is 11.3 Å². The first-order valence-corrected chi connectivity index (χ1v) is 8.30. The first-order valence-electron chi connectivity index (χ1n) is 5.96. The van der Waals surface area contributed by atoms with Crippen molar-refractivity contribution in [3.05, 3.63) is 34.1 Å². The highest BCUT2D eigenvalue weighted by Gasteiger charge is 2.27. The summed E-state index contributed by atoms with van der Waals surface area (Å²) >= 11 is 3.29. The monoisotopic (exact) mass is 348 g/mol. The molecule has 0 aromatic heterocycles. The van der Waals surface area contributed by atoms with Crippen LogP contribution in [0.25, 0.3) is 6.08 Å². The molecular weight excluding hydrogens is 331 g/mol. The van der Waals surface area contributed by atoms with Gasteiger partial charge in [-0.3, -0.25) is 4.57 Å². The van der Waals surface area contributed by atoms with Gasteiger partial charge in [0.1, 0.15) is 9.97 Å². The molecule has 0 heterocycles. The van der Waals surface area contributed by atoms with E-state index in [1.807, 2.05) is 24.3 Å². The van der Waals surface area contributed by atoms with Crippen molar-refractivity contribution in [3.63, 3.8) is 0 Å². The molecule has 0 saturated carbocycles. The van der Waals surface area contributed by atoms with Gasteiger partial charge in [-0.2, -0.15) is 0 Å². The second kappa shape index (κ2) is 7.85. The number of ether oxygens (including phenoxy) is 1. The van der Waals surface area contributed by atoms with Gasteiger partial charge in [0.05, 0.1) is 20.3 Å². The first kappa shape index (κ1) is 16.4. The minimum absolute atomic E-state index is 0.322. The van der Waals surface area contributed by atoms with E-state index in [-0.39, 0.29) is 0 Å². The zero-order valence-electron chi connectivity index (χ0n) is 11.3. The molecule has 0 unspecified atom stereocenters. The minimum atomic E-state index is -3.25. The Morgan fingerprint density at radius 3 is 2.16 bits per heavy atom. The summed E-state index contributed by atoms with van der Waals surface area (Å²) in [5, 5.41) is 0. The van der Waals surface area contributed by atoms with Gasteiger partial charge in [0.25, 0.3) is 0 Å². The van der Waals surface area contributed by atoms with Gasteiger partial charge in [0.2, 0.25) is 0 Å². The van der Waals surface area contributed by atoms with E-state index in [2.05, 4.69) is 15.9 Å². The molecule has 0 amide bonds. The lowest BCUT2D eigenvalue weighted by Crippen LogP contribution is -1.95. The molecule has 0 aliphatic carbocycles. The fourth-order valence-electron chi connectivity index (χ4n) is 1.42. The molecule has 6 heteroatoms. The Balaban J connectivity index is 2.97. The van der Waals surface area contributed by atoms with E-state index in [9.17, 15) is 4.57 Å². The molecule has 19 heavy (non-hydrogen) atoms. The lowest BCUT2D eigenvalue weighted by atomic mass is 10.2. The molecule has 0 aliphatic heterocycles. The third-order valence-corrected chi connectivity index (χ3v) is 5.64. The van der Waals surface area contributed by atoms with Crippen molar-refractivity contribution in [2.45, 2.75) is 13.8 Å². The average molecular weight is 349 g/mol. The number of rotatable bonds is 7. The highest BCUT2D eigenvalue weighted by molar-refractivity contribution is 9.13. The Morgan fingerprint density at radius 2 is 1.74 bits per heavy atom. The van der Waals surface area contributed by atoms with Crippen LogP contribution in [-0.2, 0) is 13.6 Å². The maximum atomic E-state index is 12.5. The Kier molecular flexibility index (Phi) is 6.80. The average Bonchev–Trinajstić information content (AvgIpc) is 2.40. The highest BCUT2D eigenvalue weighted by atomic mass is 79.9. The fourth-order valence-corrected chi connectivity index (χ4v) is 3.60. The number of hydrogen-bond donors (Lipinski definition) is 0. The SMILES string of the molecule is CCOP(=O)(OCC)/C(Br)=C\c1ccc(OC)cc1. The molecule has 1 aromatic rings. The quantitative estimate of drug-likeness (QED) is 0.672. The summed E-state index contributed by atoms with van der Waals surface area (Å²) in [5.41, 5.74) is 0.882. The van der Waals surface area contributed by atoms with Gasteiger partial charge in [-0.05, 0) is 53.5 Å². The molecule has 1 rings (SSSR count). The molecule has 0 atom stereocenters. The molecule has 0 saturated heterocycles. The molecule has 0 N–H and O–H groups in total. The smallest absolute Gasteiger partial charge is 0.368 e. The van der Waals surface area contributed by atoms with Gasteiger partial charge in [-0.1, -0.05) is 12.1 Å². The Hall–Kier alpha value is -0.610. The van der Waals surface area contributed by atoms with Crippen molar-refractivity contribution >= 4 is 29.6 Å². The zero-order chi connectivity index (χ0) is 14.3. The maximum absolute atomic E-state index is 12.5. The highest BCUT2D eigenvalue weighted by Crippen LogP contribution is 2.59. The lowest BCUT2D eigenvalue weighted by molar-refractivity contribution is 0.228. The second-order valence-corrected chi connectivity index (χ2v) is 7.03. The van der Waals surface area contributed by atoms with Gasteiger partial charge in [0.15, 0.2) is 0 Å². The molecule has 0 radical (unpaired) electrons. The van der Waals surface area contributed by atoms with Crippen LogP contribution in [0.5, 0.6) is 5.75 Å². The number of methoxy groups -OCH3 is 1. The van der Waals surface area contributed by atoms with E-state index in [4.69, 9.17) is 13.8 Å². The van der Waals surface area contributed by atoms with Crippen LogP contribution in [-0.4, -0.2) is 20.3 Å². The van der Waals surface area contributed by atoms with Gasteiger partial charge >= 0.3 is 7.60 Å². The molecular formula is C13H18BrO4P. The topological polar surface area (TPSA) is 44.8 Å². The van der Waals surface area contributed by atoms with E-state index in [1.54, 1.807) is 27.0 Å². The van der Waals surface area contributed by atoms with Crippen LogP contribution >= 0.6 is 23.5 Å². The van der Waals surface area contributed by atoms with Gasteiger partial charge < -0.3 is 13.8 Å². The van der Waals surface area contributed by atoms with Crippen LogP contribution in [0.4, 0.5) is 0 Å². The molecule has 0 aliphatic rings. The summed E-state index contributed by atoms with van der Waals surface area (Å²) in [6.45, 7) is 4.20. The predicted octanol–water partition coefficient (Wildman–Crippen LogP) is 4.65. The van der Waals surface area contributed by atoms with Crippen molar-refractivity contribution in [2.75, 3.05) is 20.3 Å². The minimum Gasteiger partial charge on any atom is -0.497 e. The molecule has 0 bridgehead atoms. The molecule has 0 fully saturated rings. The summed E-state index contributed by atoms with van der Waals surface area (Å²) in [7, 11) is -1.64. The van der Waals surface area contributed by atoms with Crippen LogP contribution in [0.2, 0.25) is 0 Å². The van der Waals surface area contributed by atoms with Crippen LogP contribution in [0.3, 0.4) is 0 Å². The number of hydrogen-bond acceptors (Lipinski definition) is 4.